The Kier molecular flexibility index (Phi) is 5.79. The molecule has 0 saturated heterocycles. The quantitative estimate of drug-likeness (QED) is 0.798. The van der Waals surface area contributed by atoms with Crippen LogP contribution in [0.2, 0.25) is 0 Å². The van der Waals surface area contributed by atoms with Crippen LogP contribution in [0, 0.1) is 13.8 Å². The maximum absolute atomic E-state index is 12.0. The zero-order valence-corrected chi connectivity index (χ0v) is 14.3. The summed E-state index contributed by atoms with van der Waals surface area (Å²) < 4.78 is 5.07. The molecule has 1 aromatic carbocycles. The Morgan fingerprint density at radius 1 is 1.22 bits per heavy atom. The van der Waals surface area contributed by atoms with Gasteiger partial charge in [-0.15, -0.1) is 0 Å². The average Bonchev–Trinajstić information content (AvgIpc) is 2.84. The molecule has 1 heterocycles. The van der Waals surface area contributed by atoms with Gasteiger partial charge < -0.3 is 14.7 Å². The number of hydrogen-bond acceptors (Lipinski definition) is 4. The first-order valence-electron chi connectivity index (χ1n) is 7.92. The lowest BCUT2D eigenvalue weighted by molar-refractivity contribution is -0.120. The number of anilines is 1. The van der Waals surface area contributed by atoms with Crippen molar-refractivity contribution in [3.05, 3.63) is 46.8 Å². The van der Waals surface area contributed by atoms with Gasteiger partial charge in [-0.05, 0) is 44.4 Å². The number of carbonyl (C=O) groups is 1. The largest absolute Gasteiger partial charge is 0.378 e. The molecule has 0 unspecified atom stereocenters. The van der Waals surface area contributed by atoms with Crippen molar-refractivity contribution >= 4 is 11.6 Å². The van der Waals surface area contributed by atoms with Crippen LogP contribution < -0.4 is 10.2 Å². The second kappa shape index (κ2) is 7.81. The first-order chi connectivity index (χ1) is 11.0. The molecule has 2 rings (SSSR count). The lowest BCUT2D eigenvalue weighted by atomic mass is 10.1. The van der Waals surface area contributed by atoms with Crippen LogP contribution in [0.15, 0.2) is 28.8 Å². The van der Waals surface area contributed by atoms with E-state index in [0.717, 1.165) is 29.9 Å². The Morgan fingerprint density at radius 3 is 2.48 bits per heavy atom. The smallest absolute Gasteiger partial charge is 0.224 e. The van der Waals surface area contributed by atoms with Gasteiger partial charge >= 0.3 is 0 Å². The third-order valence-corrected chi connectivity index (χ3v) is 3.94. The number of aromatic nitrogens is 1. The van der Waals surface area contributed by atoms with E-state index in [1.807, 2.05) is 27.9 Å². The molecule has 0 aliphatic heterocycles. The van der Waals surface area contributed by atoms with Crippen LogP contribution in [0.5, 0.6) is 0 Å². The molecular formula is C18H25N3O2. The zero-order valence-electron chi connectivity index (χ0n) is 14.3. The Bertz CT molecular complexity index is 625. The van der Waals surface area contributed by atoms with Gasteiger partial charge in [0.2, 0.25) is 5.91 Å². The summed E-state index contributed by atoms with van der Waals surface area (Å²) in [7, 11) is 4.06. The maximum Gasteiger partial charge on any atom is 0.224 e. The van der Waals surface area contributed by atoms with Gasteiger partial charge in [-0.25, -0.2) is 0 Å². The number of amides is 1. The van der Waals surface area contributed by atoms with Crippen LogP contribution in [-0.4, -0.2) is 31.7 Å². The normalized spacial score (nSPS) is 10.6. The zero-order chi connectivity index (χ0) is 16.8. The third-order valence-electron chi connectivity index (χ3n) is 3.94. The highest BCUT2D eigenvalue weighted by Crippen LogP contribution is 2.14. The molecule has 2 aromatic rings. The van der Waals surface area contributed by atoms with Crippen molar-refractivity contribution in [2.45, 2.75) is 33.1 Å². The summed E-state index contributed by atoms with van der Waals surface area (Å²) in [4.78, 5) is 14.0. The summed E-state index contributed by atoms with van der Waals surface area (Å²) in [6.07, 6.45) is 2.21. The summed E-state index contributed by atoms with van der Waals surface area (Å²) in [5, 5.41) is 6.82. The van der Waals surface area contributed by atoms with Crippen molar-refractivity contribution in [1.82, 2.24) is 10.5 Å². The third kappa shape index (κ3) is 4.84. The van der Waals surface area contributed by atoms with Crippen LogP contribution >= 0.6 is 0 Å². The summed E-state index contributed by atoms with van der Waals surface area (Å²) in [5.74, 6) is 0.737. The second-order valence-electron chi connectivity index (χ2n) is 5.99. The molecule has 1 aromatic heterocycles. The van der Waals surface area contributed by atoms with E-state index in [-0.39, 0.29) is 5.91 Å². The molecule has 0 fully saturated rings. The van der Waals surface area contributed by atoms with E-state index >= 15 is 0 Å². The Morgan fingerprint density at radius 2 is 1.91 bits per heavy atom. The molecule has 0 aliphatic carbocycles. The molecule has 0 bridgehead atoms. The van der Waals surface area contributed by atoms with Crippen molar-refractivity contribution in [3.8, 4) is 0 Å². The molecule has 5 nitrogen and oxygen atoms in total. The van der Waals surface area contributed by atoms with Gasteiger partial charge in [0.1, 0.15) is 5.76 Å². The standard InChI is InChI=1S/C18H25N3O2/c1-13-17(14(2)23-20-13)12-18(22)19-11-5-6-15-7-9-16(10-8-15)21(3)4/h7-10H,5-6,11-12H2,1-4H3,(H,19,22). The average molecular weight is 315 g/mol. The fourth-order valence-corrected chi connectivity index (χ4v) is 2.46. The van der Waals surface area contributed by atoms with E-state index in [0.29, 0.717) is 13.0 Å². The molecule has 5 heteroatoms. The van der Waals surface area contributed by atoms with Gasteiger partial charge in [-0.1, -0.05) is 17.3 Å². The fourth-order valence-electron chi connectivity index (χ4n) is 2.46. The van der Waals surface area contributed by atoms with Crippen LogP contribution in [0.4, 0.5) is 5.69 Å². The highest BCUT2D eigenvalue weighted by molar-refractivity contribution is 5.78. The molecule has 0 radical (unpaired) electrons. The molecule has 0 saturated carbocycles. The van der Waals surface area contributed by atoms with E-state index in [1.165, 1.54) is 11.3 Å². The summed E-state index contributed by atoms with van der Waals surface area (Å²) in [6.45, 7) is 4.37. The summed E-state index contributed by atoms with van der Waals surface area (Å²) >= 11 is 0. The van der Waals surface area contributed by atoms with Crippen molar-refractivity contribution in [2.24, 2.45) is 0 Å². The Labute approximate surface area is 137 Å². The number of nitrogens with one attached hydrogen (secondary N) is 1. The van der Waals surface area contributed by atoms with E-state index in [1.54, 1.807) is 0 Å². The first kappa shape index (κ1) is 17.1. The van der Waals surface area contributed by atoms with Crippen molar-refractivity contribution in [3.63, 3.8) is 0 Å². The van der Waals surface area contributed by atoms with E-state index < -0.39 is 0 Å². The van der Waals surface area contributed by atoms with Gasteiger partial charge in [0.05, 0.1) is 12.1 Å². The lowest BCUT2D eigenvalue weighted by Crippen LogP contribution is -2.26. The monoisotopic (exact) mass is 315 g/mol. The summed E-state index contributed by atoms with van der Waals surface area (Å²) in [6, 6.07) is 8.51. The highest BCUT2D eigenvalue weighted by atomic mass is 16.5. The number of benzene rings is 1. The number of nitrogens with zero attached hydrogens (tertiary/aromatic N) is 2. The molecule has 0 atom stereocenters. The number of rotatable bonds is 7. The van der Waals surface area contributed by atoms with Crippen LogP contribution in [0.1, 0.15) is 29.0 Å². The van der Waals surface area contributed by atoms with E-state index in [2.05, 4.69) is 39.6 Å². The van der Waals surface area contributed by atoms with Gasteiger partial charge in [-0.2, -0.15) is 0 Å². The van der Waals surface area contributed by atoms with Crippen LogP contribution in [0.25, 0.3) is 0 Å². The molecule has 0 aliphatic rings. The Hall–Kier alpha value is -2.30. The summed E-state index contributed by atoms with van der Waals surface area (Å²) in [5.41, 5.74) is 4.16. The van der Waals surface area contributed by atoms with Gasteiger partial charge in [0, 0.05) is 31.9 Å². The molecule has 1 amide bonds. The molecule has 1 N–H and O–H groups in total. The topological polar surface area (TPSA) is 58.4 Å². The first-order valence-corrected chi connectivity index (χ1v) is 7.92. The number of hydrogen-bond donors (Lipinski definition) is 1. The number of aryl methyl sites for hydroxylation is 3. The molecule has 0 spiro atoms. The van der Waals surface area contributed by atoms with Crippen LogP contribution in [0.3, 0.4) is 0 Å². The lowest BCUT2D eigenvalue weighted by Gasteiger charge is -2.12. The van der Waals surface area contributed by atoms with Gasteiger partial charge in [-0.3, -0.25) is 4.79 Å². The minimum absolute atomic E-state index is 0.0161. The van der Waals surface area contributed by atoms with E-state index in [9.17, 15) is 4.79 Å². The maximum atomic E-state index is 12.0. The predicted molar refractivity (Wildman–Crippen MR) is 91.8 cm³/mol. The predicted octanol–water partition coefficient (Wildman–Crippen LogP) is 2.65. The Balaban J connectivity index is 1.71. The minimum Gasteiger partial charge on any atom is -0.378 e. The molecular weight excluding hydrogens is 290 g/mol. The molecule has 124 valence electrons. The minimum atomic E-state index is 0.0161. The SMILES string of the molecule is Cc1noc(C)c1CC(=O)NCCCc1ccc(N(C)C)cc1. The van der Waals surface area contributed by atoms with Crippen molar-refractivity contribution in [2.75, 3.05) is 25.5 Å². The molecule has 23 heavy (non-hydrogen) atoms. The van der Waals surface area contributed by atoms with Gasteiger partial charge in [0.25, 0.3) is 0 Å². The second-order valence-corrected chi connectivity index (χ2v) is 5.99. The van der Waals surface area contributed by atoms with Crippen molar-refractivity contribution in [1.29, 1.82) is 0 Å². The number of carbonyl (C=O) groups excluding carboxylic acids is 1. The van der Waals surface area contributed by atoms with Crippen molar-refractivity contribution < 1.29 is 9.32 Å². The fraction of sp³-hybridized carbons (Fsp3) is 0.444. The van der Waals surface area contributed by atoms with Gasteiger partial charge in [0.15, 0.2) is 0 Å². The highest BCUT2D eigenvalue weighted by Gasteiger charge is 2.12. The van der Waals surface area contributed by atoms with Crippen LogP contribution in [-0.2, 0) is 17.6 Å². The van der Waals surface area contributed by atoms with E-state index in [4.69, 9.17) is 4.52 Å².